The summed E-state index contributed by atoms with van der Waals surface area (Å²) in [6.45, 7) is 3.94. The molecule has 2 aromatic rings. The molecule has 0 fully saturated rings. The third-order valence-electron chi connectivity index (χ3n) is 2.84. The predicted molar refractivity (Wildman–Crippen MR) is 71.2 cm³/mol. The Morgan fingerprint density at radius 1 is 1.44 bits per heavy atom. The number of pyridine rings is 1. The summed E-state index contributed by atoms with van der Waals surface area (Å²) in [6.07, 6.45) is 4.87. The Balaban J connectivity index is 2.55. The topological polar surface area (TPSA) is 84.7 Å². The van der Waals surface area contributed by atoms with Gasteiger partial charge in [0.1, 0.15) is 11.6 Å². The van der Waals surface area contributed by atoms with Crippen molar-refractivity contribution < 1.29 is 0 Å². The summed E-state index contributed by atoms with van der Waals surface area (Å²) in [6, 6.07) is 1.87. The van der Waals surface area contributed by atoms with Crippen LogP contribution in [0.4, 0.5) is 5.82 Å². The number of rotatable bonds is 3. The number of nitrogens with zero attached hydrogens (tertiary/aromatic N) is 2. The van der Waals surface area contributed by atoms with Crippen molar-refractivity contribution in [2.24, 2.45) is 0 Å². The minimum absolute atomic E-state index is 0.164. The zero-order chi connectivity index (χ0) is 13.1. The van der Waals surface area contributed by atoms with Crippen LogP contribution in [0.2, 0.25) is 0 Å². The van der Waals surface area contributed by atoms with Gasteiger partial charge >= 0.3 is 0 Å². The molecule has 0 unspecified atom stereocenters. The second-order valence-corrected chi connectivity index (χ2v) is 4.22. The van der Waals surface area contributed by atoms with E-state index >= 15 is 0 Å². The van der Waals surface area contributed by atoms with Crippen LogP contribution in [-0.2, 0) is 6.42 Å². The molecule has 0 atom stereocenters. The van der Waals surface area contributed by atoms with Gasteiger partial charge in [-0.25, -0.2) is 4.98 Å². The van der Waals surface area contributed by atoms with Crippen LogP contribution >= 0.6 is 0 Å². The lowest BCUT2D eigenvalue weighted by Gasteiger charge is -2.07. The van der Waals surface area contributed by atoms with E-state index in [0.717, 1.165) is 17.5 Å². The Hall–Kier alpha value is -2.17. The molecule has 2 heterocycles. The number of aromatic amines is 1. The van der Waals surface area contributed by atoms with Crippen LogP contribution in [-0.4, -0.2) is 15.0 Å². The maximum atomic E-state index is 11.9. The van der Waals surface area contributed by atoms with Crippen LogP contribution in [0.25, 0.3) is 11.4 Å². The molecule has 0 saturated carbocycles. The largest absolute Gasteiger partial charge is 0.383 e. The standard InChI is InChI=1S/C13H16N4O/c1-3-4-9-11(14)16-12(17-13(9)18)10-7-15-6-5-8(10)2/h5-7H,3-4H2,1-2H3,(H3,14,16,17,18). The van der Waals surface area contributed by atoms with Crippen molar-refractivity contribution >= 4 is 5.82 Å². The number of hydrogen-bond donors (Lipinski definition) is 2. The van der Waals surface area contributed by atoms with Gasteiger partial charge in [0.15, 0.2) is 0 Å². The Labute approximate surface area is 105 Å². The first kappa shape index (κ1) is 12.3. The fourth-order valence-electron chi connectivity index (χ4n) is 1.85. The van der Waals surface area contributed by atoms with Gasteiger partial charge in [-0.15, -0.1) is 0 Å². The highest BCUT2D eigenvalue weighted by atomic mass is 16.1. The fourth-order valence-corrected chi connectivity index (χ4v) is 1.85. The molecule has 0 aliphatic heterocycles. The van der Waals surface area contributed by atoms with Gasteiger partial charge in [0.2, 0.25) is 0 Å². The predicted octanol–water partition coefficient (Wildman–Crippen LogP) is 1.68. The van der Waals surface area contributed by atoms with Gasteiger partial charge < -0.3 is 10.7 Å². The van der Waals surface area contributed by atoms with E-state index in [1.54, 1.807) is 12.4 Å². The molecule has 0 spiro atoms. The zero-order valence-corrected chi connectivity index (χ0v) is 10.5. The maximum Gasteiger partial charge on any atom is 0.256 e. The number of nitrogens with one attached hydrogen (secondary N) is 1. The van der Waals surface area contributed by atoms with Crippen LogP contribution in [0.3, 0.4) is 0 Å². The summed E-state index contributed by atoms with van der Waals surface area (Å²) in [7, 11) is 0. The molecule has 5 heteroatoms. The highest BCUT2D eigenvalue weighted by Gasteiger charge is 2.10. The highest BCUT2D eigenvalue weighted by molar-refractivity contribution is 5.60. The molecule has 5 nitrogen and oxygen atoms in total. The molecular weight excluding hydrogens is 228 g/mol. The number of anilines is 1. The number of nitrogens with two attached hydrogens (primary N) is 1. The lowest BCUT2D eigenvalue weighted by Crippen LogP contribution is -2.18. The van der Waals surface area contributed by atoms with Crippen molar-refractivity contribution in [3.63, 3.8) is 0 Å². The SMILES string of the molecule is CCCc1c(N)nc(-c2cnccc2C)[nH]c1=O. The Bertz CT molecular complexity index is 619. The third-order valence-corrected chi connectivity index (χ3v) is 2.84. The van der Waals surface area contributed by atoms with Crippen molar-refractivity contribution in [3.05, 3.63) is 39.9 Å². The summed E-state index contributed by atoms with van der Waals surface area (Å²) in [4.78, 5) is 23.0. The van der Waals surface area contributed by atoms with E-state index in [4.69, 9.17) is 5.73 Å². The molecule has 0 aliphatic rings. The molecule has 0 amide bonds. The third kappa shape index (κ3) is 2.25. The van der Waals surface area contributed by atoms with E-state index in [1.165, 1.54) is 0 Å². The van der Waals surface area contributed by atoms with Gasteiger partial charge in [0, 0.05) is 18.0 Å². The molecule has 0 aliphatic carbocycles. The van der Waals surface area contributed by atoms with E-state index < -0.39 is 0 Å². The van der Waals surface area contributed by atoms with Gasteiger partial charge in [-0.05, 0) is 25.0 Å². The zero-order valence-electron chi connectivity index (χ0n) is 10.5. The van der Waals surface area contributed by atoms with Crippen LogP contribution in [0.1, 0.15) is 24.5 Å². The van der Waals surface area contributed by atoms with Crippen LogP contribution in [0, 0.1) is 6.92 Å². The van der Waals surface area contributed by atoms with E-state index in [1.807, 2.05) is 19.9 Å². The first-order valence-electron chi connectivity index (χ1n) is 5.93. The Morgan fingerprint density at radius 3 is 2.83 bits per heavy atom. The molecule has 0 radical (unpaired) electrons. The molecular formula is C13H16N4O. The van der Waals surface area contributed by atoms with Gasteiger partial charge in [-0.2, -0.15) is 0 Å². The maximum absolute atomic E-state index is 11.9. The van der Waals surface area contributed by atoms with Crippen LogP contribution < -0.4 is 11.3 Å². The van der Waals surface area contributed by atoms with Crippen molar-refractivity contribution in [1.82, 2.24) is 15.0 Å². The molecule has 18 heavy (non-hydrogen) atoms. The number of H-pyrrole nitrogens is 1. The molecule has 0 bridgehead atoms. The van der Waals surface area contributed by atoms with E-state index in [9.17, 15) is 4.79 Å². The Kier molecular flexibility index (Phi) is 3.41. The van der Waals surface area contributed by atoms with Gasteiger partial charge in [0.05, 0.1) is 5.56 Å². The van der Waals surface area contributed by atoms with Crippen LogP contribution in [0.15, 0.2) is 23.3 Å². The summed E-state index contributed by atoms with van der Waals surface area (Å²) in [5, 5.41) is 0. The number of aryl methyl sites for hydroxylation is 1. The first-order chi connectivity index (χ1) is 8.63. The minimum Gasteiger partial charge on any atom is -0.383 e. The van der Waals surface area contributed by atoms with Gasteiger partial charge in [-0.1, -0.05) is 13.3 Å². The van der Waals surface area contributed by atoms with E-state index in [-0.39, 0.29) is 5.56 Å². The summed E-state index contributed by atoms with van der Waals surface area (Å²) in [5.41, 5.74) is 8.03. The summed E-state index contributed by atoms with van der Waals surface area (Å²) in [5.74, 6) is 0.779. The number of aromatic nitrogens is 3. The van der Waals surface area contributed by atoms with Crippen molar-refractivity contribution in [3.8, 4) is 11.4 Å². The first-order valence-corrected chi connectivity index (χ1v) is 5.93. The quantitative estimate of drug-likeness (QED) is 0.860. The molecule has 0 aromatic carbocycles. The van der Waals surface area contributed by atoms with Crippen molar-refractivity contribution in [1.29, 1.82) is 0 Å². The fraction of sp³-hybridized carbons (Fsp3) is 0.308. The lowest BCUT2D eigenvalue weighted by molar-refractivity contribution is 0.891. The normalized spacial score (nSPS) is 10.6. The van der Waals surface area contributed by atoms with Gasteiger partial charge in [-0.3, -0.25) is 9.78 Å². The second-order valence-electron chi connectivity index (χ2n) is 4.22. The number of nitrogen functional groups attached to an aromatic ring is 1. The van der Waals surface area contributed by atoms with Crippen molar-refractivity contribution in [2.45, 2.75) is 26.7 Å². The average Bonchev–Trinajstić information content (AvgIpc) is 2.34. The van der Waals surface area contributed by atoms with E-state index in [2.05, 4.69) is 15.0 Å². The van der Waals surface area contributed by atoms with Gasteiger partial charge in [0.25, 0.3) is 5.56 Å². The molecule has 94 valence electrons. The number of hydrogen-bond acceptors (Lipinski definition) is 4. The van der Waals surface area contributed by atoms with E-state index in [0.29, 0.717) is 23.6 Å². The minimum atomic E-state index is -0.164. The molecule has 0 saturated heterocycles. The monoisotopic (exact) mass is 244 g/mol. The molecule has 2 rings (SSSR count). The summed E-state index contributed by atoms with van der Waals surface area (Å²) >= 11 is 0. The highest BCUT2D eigenvalue weighted by Crippen LogP contribution is 2.18. The van der Waals surface area contributed by atoms with Crippen molar-refractivity contribution in [2.75, 3.05) is 5.73 Å². The second kappa shape index (κ2) is 5.00. The average molecular weight is 244 g/mol. The molecule has 3 N–H and O–H groups in total. The lowest BCUT2D eigenvalue weighted by atomic mass is 10.1. The summed E-state index contributed by atoms with van der Waals surface area (Å²) < 4.78 is 0. The molecule has 2 aromatic heterocycles. The Morgan fingerprint density at radius 2 is 2.22 bits per heavy atom. The van der Waals surface area contributed by atoms with Crippen LogP contribution in [0.5, 0.6) is 0 Å². The smallest absolute Gasteiger partial charge is 0.256 e.